The second kappa shape index (κ2) is 9.06. The van der Waals surface area contributed by atoms with Crippen LogP contribution in [0, 0.1) is 0 Å². The predicted octanol–water partition coefficient (Wildman–Crippen LogP) is 12.2. The Morgan fingerprint density at radius 1 is 0.306 bits per heavy atom. The minimum atomic E-state index is 1.17. The lowest BCUT2D eigenvalue weighted by molar-refractivity contribution is 1.17. The highest BCUT2D eigenvalue weighted by molar-refractivity contribution is 6.39. The maximum absolute atomic E-state index is 2.54. The minimum absolute atomic E-state index is 1.17. The molecule has 0 N–H and O–H groups in total. The Hall–Kier alpha value is -6.58. The second-order valence-electron chi connectivity index (χ2n) is 13.3. The van der Waals surface area contributed by atoms with Crippen LogP contribution in [0.25, 0.3) is 104 Å². The minimum Gasteiger partial charge on any atom is -0.309 e. The molecule has 0 saturated carbocycles. The van der Waals surface area contributed by atoms with Gasteiger partial charge in [-0.1, -0.05) is 109 Å². The standard InChI is InChI=1S/C46H27N3/c1-2-14-29(15-3-1)47-36-21-10-7-18-32(36)42-38(47)23-12-24-39(42)48-37-22-11-8-19-33(37)44-41(48)27-34-31-17-6-9-20-35(31)49-40-26-25-28-13-4-5-16-30(28)43(40)45(44)46(34)49/h1-27H. The lowest BCUT2D eigenvalue weighted by Gasteiger charge is -2.12. The van der Waals surface area contributed by atoms with Gasteiger partial charge in [-0.05, 0) is 65.4 Å². The molecular weight excluding hydrogens is 595 g/mol. The summed E-state index contributed by atoms with van der Waals surface area (Å²) in [7, 11) is 0. The highest BCUT2D eigenvalue weighted by Crippen LogP contribution is 2.49. The number of rotatable bonds is 2. The first-order chi connectivity index (χ1) is 24.4. The summed E-state index contributed by atoms with van der Waals surface area (Å²) in [5, 5.41) is 12.9. The quantitative estimate of drug-likeness (QED) is 0.182. The van der Waals surface area contributed by atoms with Crippen LogP contribution in [-0.4, -0.2) is 13.5 Å². The highest BCUT2D eigenvalue weighted by atomic mass is 15.0. The predicted molar refractivity (Wildman–Crippen MR) is 207 cm³/mol. The van der Waals surface area contributed by atoms with Gasteiger partial charge in [-0.3, -0.25) is 0 Å². The first kappa shape index (κ1) is 25.5. The van der Waals surface area contributed by atoms with Gasteiger partial charge in [0.2, 0.25) is 0 Å². The first-order valence-corrected chi connectivity index (χ1v) is 17.0. The summed E-state index contributed by atoms with van der Waals surface area (Å²) in [4.78, 5) is 0. The van der Waals surface area contributed by atoms with Crippen LogP contribution in [0.2, 0.25) is 0 Å². The highest BCUT2D eigenvalue weighted by Gasteiger charge is 2.26. The molecule has 3 heteroatoms. The average molecular weight is 622 g/mol. The molecule has 226 valence electrons. The van der Waals surface area contributed by atoms with E-state index in [1.165, 1.54) is 104 Å². The third-order valence-electron chi connectivity index (χ3n) is 10.9. The molecule has 0 unspecified atom stereocenters. The van der Waals surface area contributed by atoms with Crippen LogP contribution < -0.4 is 0 Å². The molecule has 8 aromatic carbocycles. The van der Waals surface area contributed by atoms with E-state index in [4.69, 9.17) is 0 Å². The smallest absolute Gasteiger partial charge is 0.0628 e. The van der Waals surface area contributed by atoms with E-state index < -0.39 is 0 Å². The molecule has 12 aromatic rings. The molecule has 0 saturated heterocycles. The molecule has 0 atom stereocenters. The molecule has 0 fully saturated rings. The summed E-state index contributed by atoms with van der Waals surface area (Å²) < 4.78 is 7.47. The summed E-state index contributed by atoms with van der Waals surface area (Å²) in [5.74, 6) is 0. The van der Waals surface area contributed by atoms with E-state index in [1.54, 1.807) is 0 Å². The number of fused-ring (bicyclic) bond motifs is 15. The summed E-state index contributed by atoms with van der Waals surface area (Å²) in [6, 6.07) is 60.2. The van der Waals surface area contributed by atoms with Crippen LogP contribution in [0.3, 0.4) is 0 Å². The average Bonchev–Trinajstić information content (AvgIpc) is 3.89. The molecule has 0 spiro atoms. The lowest BCUT2D eigenvalue weighted by atomic mass is 9.98. The molecule has 0 radical (unpaired) electrons. The maximum atomic E-state index is 2.54. The first-order valence-electron chi connectivity index (χ1n) is 17.0. The van der Waals surface area contributed by atoms with Crippen molar-refractivity contribution in [2.45, 2.75) is 0 Å². The Kier molecular flexibility index (Phi) is 4.72. The third kappa shape index (κ3) is 3.09. The molecule has 0 aliphatic carbocycles. The summed E-state index contributed by atoms with van der Waals surface area (Å²) in [6.07, 6.45) is 0. The van der Waals surface area contributed by atoms with Crippen molar-refractivity contribution in [3.63, 3.8) is 0 Å². The third-order valence-corrected chi connectivity index (χ3v) is 10.9. The van der Waals surface area contributed by atoms with Gasteiger partial charge in [-0.2, -0.15) is 0 Å². The molecular formula is C46H27N3. The van der Waals surface area contributed by atoms with Gasteiger partial charge >= 0.3 is 0 Å². The molecule has 0 aliphatic heterocycles. The summed E-state index contributed by atoms with van der Waals surface area (Å²) in [6.45, 7) is 0. The van der Waals surface area contributed by atoms with Crippen molar-refractivity contribution in [2.75, 3.05) is 0 Å². The topological polar surface area (TPSA) is 14.3 Å². The Labute approximate surface area is 280 Å². The molecule has 0 bridgehead atoms. The van der Waals surface area contributed by atoms with E-state index in [0.29, 0.717) is 0 Å². The van der Waals surface area contributed by atoms with Gasteiger partial charge < -0.3 is 13.5 Å². The molecule has 3 nitrogen and oxygen atoms in total. The molecule has 4 heterocycles. The normalized spacial score (nSPS) is 12.5. The number of hydrogen-bond acceptors (Lipinski definition) is 0. The van der Waals surface area contributed by atoms with E-state index in [0.717, 1.165) is 0 Å². The van der Waals surface area contributed by atoms with Crippen molar-refractivity contribution < 1.29 is 0 Å². The molecule has 4 aromatic heterocycles. The van der Waals surface area contributed by atoms with Crippen LogP contribution in [0.5, 0.6) is 0 Å². The van der Waals surface area contributed by atoms with Crippen LogP contribution in [-0.2, 0) is 0 Å². The van der Waals surface area contributed by atoms with Crippen molar-refractivity contribution in [3.05, 3.63) is 164 Å². The van der Waals surface area contributed by atoms with E-state index >= 15 is 0 Å². The van der Waals surface area contributed by atoms with Gasteiger partial charge in [0.05, 0.1) is 44.3 Å². The van der Waals surface area contributed by atoms with Crippen LogP contribution >= 0.6 is 0 Å². The van der Waals surface area contributed by atoms with E-state index in [-0.39, 0.29) is 0 Å². The summed E-state index contributed by atoms with van der Waals surface area (Å²) in [5.41, 5.74) is 11.0. The largest absolute Gasteiger partial charge is 0.309 e. The lowest BCUT2D eigenvalue weighted by Crippen LogP contribution is -1.96. The van der Waals surface area contributed by atoms with Gasteiger partial charge in [-0.25, -0.2) is 0 Å². The van der Waals surface area contributed by atoms with Gasteiger partial charge in [-0.15, -0.1) is 0 Å². The SMILES string of the molecule is c1ccc(-n2c3ccccc3c3c(-n4c5ccccc5c5c6c7c8ccccc8ccc7n7c8ccccc8c(cc54)c67)cccc32)cc1. The second-order valence-corrected chi connectivity index (χ2v) is 13.3. The summed E-state index contributed by atoms with van der Waals surface area (Å²) >= 11 is 0. The van der Waals surface area contributed by atoms with Crippen molar-refractivity contribution >= 4 is 92.5 Å². The fourth-order valence-corrected chi connectivity index (χ4v) is 9.08. The van der Waals surface area contributed by atoms with Crippen molar-refractivity contribution in [3.8, 4) is 11.4 Å². The number of aromatic nitrogens is 3. The maximum Gasteiger partial charge on any atom is 0.0628 e. The monoisotopic (exact) mass is 621 g/mol. The van der Waals surface area contributed by atoms with Gasteiger partial charge in [0, 0.05) is 48.8 Å². The van der Waals surface area contributed by atoms with Crippen molar-refractivity contribution in [2.24, 2.45) is 0 Å². The fraction of sp³-hybridized carbons (Fsp3) is 0. The zero-order chi connectivity index (χ0) is 31.8. The fourth-order valence-electron chi connectivity index (χ4n) is 9.08. The van der Waals surface area contributed by atoms with Gasteiger partial charge in [0.15, 0.2) is 0 Å². The Balaban J connectivity index is 1.35. The number of para-hydroxylation sites is 4. The van der Waals surface area contributed by atoms with Crippen LogP contribution in [0.1, 0.15) is 0 Å². The van der Waals surface area contributed by atoms with Crippen molar-refractivity contribution in [1.82, 2.24) is 13.5 Å². The number of benzene rings is 8. The Morgan fingerprint density at radius 3 is 1.73 bits per heavy atom. The molecule has 0 amide bonds. The molecule has 12 rings (SSSR count). The van der Waals surface area contributed by atoms with Crippen LogP contribution in [0.15, 0.2) is 164 Å². The Morgan fingerprint density at radius 2 is 0.918 bits per heavy atom. The zero-order valence-electron chi connectivity index (χ0n) is 26.4. The molecule has 49 heavy (non-hydrogen) atoms. The molecule has 0 aliphatic rings. The van der Waals surface area contributed by atoms with Gasteiger partial charge in [0.25, 0.3) is 0 Å². The van der Waals surface area contributed by atoms with Crippen LogP contribution in [0.4, 0.5) is 0 Å². The Bertz CT molecular complexity index is 3320. The number of nitrogens with zero attached hydrogens (tertiary/aromatic N) is 3. The van der Waals surface area contributed by atoms with Gasteiger partial charge in [0.1, 0.15) is 0 Å². The van der Waals surface area contributed by atoms with E-state index in [1.807, 2.05) is 0 Å². The zero-order valence-corrected chi connectivity index (χ0v) is 26.4. The van der Waals surface area contributed by atoms with Crippen molar-refractivity contribution in [1.29, 1.82) is 0 Å². The number of hydrogen-bond donors (Lipinski definition) is 0. The van der Waals surface area contributed by atoms with E-state index in [2.05, 4.69) is 177 Å². The van der Waals surface area contributed by atoms with E-state index in [9.17, 15) is 0 Å².